The number of rotatable bonds is 4. The molecule has 1 aromatic heterocycles. The van der Waals surface area contributed by atoms with Crippen LogP contribution in [0, 0.1) is 0 Å². The van der Waals surface area contributed by atoms with Gasteiger partial charge in [0.1, 0.15) is 12.4 Å². The average molecular weight is 343 g/mol. The molecule has 0 radical (unpaired) electrons. The Balaban J connectivity index is 1.62. The molecule has 0 fully saturated rings. The van der Waals surface area contributed by atoms with Crippen LogP contribution >= 0.6 is 0 Å². The van der Waals surface area contributed by atoms with E-state index in [1.807, 2.05) is 66.7 Å². The molecule has 0 unspecified atom stereocenters. The van der Waals surface area contributed by atoms with Gasteiger partial charge >= 0.3 is 0 Å². The van der Waals surface area contributed by atoms with Gasteiger partial charge in [-0.05, 0) is 42.0 Å². The lowest BCUT2D eigenvalue weighted by atomic mass is 10.1. The molecule has 0 aliphatic rings. The van der Waals surface area contributed by atoms with Crippen molar-refractivity contribution in [3.05, 3.63) is 94.6 Å². The summed E-state index contributed by atoms with van der Waals surface area (Å²) >= 11 is 0. The van der Waals surface area contributed by atoms with Gasteiger partial charge in [0.2, 0.25) is 5.43 Å². The number of aromatic hydroxyl groups is 1. The van der Waals surface area contributed by atoms with Crippen molar-refractivity contribution >= 4 is 10.9 Å². The molecule has 0 saturated heterocycles. The number of H-pyrrole nitrogens is 1. The second-order valence-corrected chi connectivity index (χ2v) is 6.02. The third kappa shape index (κ3) is 3.05. The number of aromatic amines is 1. The Hall–Kier alpha value is -3.53. The first-order valence-electron chi connectivity index (χ1n) is 8.33. The van der Waals surface area contributed by atoms with Gasteiger partial charge in [-0.25, -0.2) is 0 Å². The minimum absolute atomic E-state index is 0.276. The minimum atomic E-state index is -0.376. The molecule has 3 aromatic carbocycles. The van der Waals surface area contributed by atoms with Crippen molar-refractivity contribution in [1.82, 2.24) is 4.98 Å². The summed E-state index contributed by atoms with van der Waals surface area (Å²) in [4.78, 5) is 15.5. The van der Waals surface area contributed by atoms with E-state index < -0.39 is 0 Å². The summed E-state index contributed by atoms with van der Waals surface area (Å²) in [5.41, 5.74) is 2.53. The van der Waals surface area contributed by atoms with E-state index in [-0.39, 0.29) is 11.2 Å². The molecule has 4 rings (SSSR count). The number of aromatic nitrogens is 1. The largest absolute Gasteiger partial charge is 0.503 e. The molecule has 4 aromatic rings. The van der Waals surface area contributed by atoms with Crippen LogP contribution in [0.5, 0.6) is 11.5 Å². The monoisotopic (exact) mass is 343 g/mol. The predicted octanol–water partition coefficient (Wildman–Crippen LogP) is 4.48. The highest BCUT2D eigenvalue weighted by Gasteiger charge is 2.12. The number of fused-ring (bicyclic) bond motifs is 1. The van der Waals surface area contributed by atoms with Crippen LogP contribution in [0.4, 0.5) is 0 Å². The van der Waals surface area contributed by atoms with E-state index in [0.717, 1.165) is 16.9 Å². The van der Waals surface area contributed by atoms with Crippen molar-refractivity contribution in [2.24, 2.45) is 0 Å². The molecule has 0 spiro atoms. The van der Waals surface area contributed by atoms with Crippen LogP contribution in [0.2, 0.25) is 0 Å². The van der Waals surface area contributed by atoms with Crippen LogP contribution < -0.4 is 10.2 Å². The highest BCUT2D eigenvalue weighted by atomic mass is 16.5. The SMILES string of the molecule is O=c1c(O)c(-c2ccc(OCc3ccccc3)cc2)[nH]c2ccccc12. The smallest absolute Gasteiger partial charge is 0.231 e. The maximum atomic E-state index is 12.4. The zero-order valence-electron chi connectivity index (χ0n) is 14.0. The molecule has 4 nitrogen and oxygen atoms in total. The van der Waals surface area contributed by atoms with Gasteiger partial charge in [-0.15, -0.1) is 0 Å². The van der Waals surface area contributed by atoms with Gasteiger partial charge in [0, 0.05) is 16.5 Å². The number of hydrogen-bond donors (Lipinski definition) is 2. The first-order valence-corrected chi connectivity index (χ1v) is 8.33. The quantitative estimate of drug-likeness (QED) is 0.574. The van der Waals surface area contributed by atoms with Gasteiger partial charge in [-0.1, -0.05) is 42.5 Å². The third-order valence-electron chi connectivity index (χ3n) is 4.27. The summed E-state index contributed by atoms with van der Waals surface area (Å²) in [7, 11) is 0. The van der Waals surface area contributed by atoms with Gasteiger partial charge in [0.25, 0.3) is 0 Å². The van der Waals surface area contributed by atoms with Gasteiger partial charge < -0.3 is 14.8 Å². The standard InChI is InChI=1S/C22H17NO3/c24-21-18-8-4-5-9-19(18)23-20(22(21)25)16-10-12-17(13-11-16)26-14-15-6-2-1-3-7-15/h1-13,25H,14H2,(H,23,24). The molecule has 0 aliphatic carbocycles. The van der Waals surface area contributed by atoms with E-state index in [1.165, 1.54) is 0 Å². The summed E-state index contributed by atoms with van der Waals surface area (Å²) in [5, 5.41) is 10.8. The Kier molecular flexibility index (Phi) is 4.15. The molecule has 26 heavy (non-hydrogen) atoms. The zero-order chi connectivity index (χ0) is 17.9. The predicted molar refractivity (Wildman–Crippen MR) is 102 cm³/mol. The molecule has 0 atom stereocenters. The Labute approximate surface area is 150 Å². The van der Waals surface area contributed by atoms with Crippen LogP contribution in [0.15, 0.2) is 83.7 Å². The third-order valence-corrected chi connectivity index (χ3v) is 4.27. The number of benzene rings is 3. The van der Waals surface area contributed by atoms with E-state index in [0.29, 0.717) is 23.2 Å². The molecule has 0 aliphatic heterocycles. The first-order chi connectivity index (χ1) is 12.7. The van der Waals surface area contributed by atoms with E-state index in [1.54, 1.807) is 12.1 Å². The second kappa shape index (κ2) is 6.76. The van der Waals surface area contributed by atoms with Crippen LogP contribution in [-0.4, -0.2) is 10.1 Å². The number of ether oxygens (including phenoxy) is 1. The van der Waals surface area contributed by atoms with Gasteiger partial charge in [0.05, 0.1) is 5.69 Å². The molecule has 128 valence electrons. The lowest BCUT2D eigenvalue weighted by molar-refractivity contribution is 0.306. The van der Waals surface area contributed by atoms with E-state index in [2.05, 4.69) is 4.98 Å². The number of pyridine rings is 1. The van der Waals surface area contributed by atoms with Crippen LogP contribution in [0.1, 0.15) is 5.56 Å². The van der Waals surface area contributed by atoms with Crippen molar-refractivity contribution in [3.63, 3.8) is 0 Å². The van der Waals surface area contributed by atoms with Gasteiger partial charge in [0.15, 0.2) is 5.75 Å². The Bertz CT molecular complexity index is 1100. The molecule has 0 saturated carbocycles. The van der Waals surface area contributed by atoms with Crippen molar-refractivity contribution in [1.29, 1.82) is 0 Å². The molecule has 0 bridgehead atoms. The van der Waals surface area contributed by atoms with Crippen LogP contribution in [0.25, 0.3) is 22.2 Å². The lowest BCUT2D eigenvalue weighted by Crippen LogP contribution is -2.04. The maximum Gasteiger partial charge on any atom is 0.231 e. The first kappa shape index (κ1) is 16.0. The van der Waals surface area contributed by atoms with Crippen molar-refractivity contribution in [2.45, 2.75) is 6.61 Å². The van der Waals surface area contributed by atoms with Crippen LogP contribution in [-0.2, 0) is 6.61 Å². The summed E-state index contributed by atoms with van der Waals surface area (Å²) in [6, 6.07) is 24.3. The second-order valence-electron chi connectivity index (χ2n) is 6.02. The molecular formula is C22H17NO3. The number of nitrogens with one attached hydrogen (secondary N) is 1. The summed E-state index contributed by atoms with van der Waals surface area (Å²) in [5.74, 6) is 0.446. The van der Waals surface area contributed by atoms with E-state index in [9.17, 15) is 9.90 Å². The summed E-state index contributed by atoms with van der Waals surface area (Å²) < 4.78 is 5.77. The zero-order valence-corrected chi connectivity index (χ0v) is 14.0. The maximum absolute atomic E-state index is 12.4. The summed E-state index contributed by atoms with van der Waals surface area (Å²) in [6.07, 6.45) is 0. The average Bonchev–Trinajstić information content (AvgIpc) is 2.70. The van der Waals surface area contributed by atoms with Crippen molar-refractivity contribution in [2.75, 3.05) is 0 Å². The molecule has 1 heterocycles. The van der Waals surface area contributed by atoms with Crippen molar-refractivity contribution in [3.8, 4) is 22.8 Å². The highest BCUT2D eigenvalue weighted by molar-refractivity contribution is 5.84. The summed E-state index contributed by atoms with van der Waals surface area (Å²) in [6.45, 7) is 0.484. The molecule has 0 amide bonds. The van der Waals surface area contributed by atoms with Gasteiger partial charge in [-0.3, -0.25) is 4.79 Å². The Morgan fingerprint density at radius 3 is 2.31 bits per heavy atom. The molecular weight excluding hydrogens is 326 g/mol. The molecule has 4 heteroatoms. The fraction of sp³-hybridized carbons (Fsp3) is 0.0455. The van der Waals surface area contributed by atoms with E-state index in [4.69, 9.17) is 4.74 Å². The van der Waals surface area contributed by atoms with Crippen LogP contribution in [0.3, 0.4) is 0 Å². The Morgan fingerprint density at radius 1 is 0.846 bits per heavy atom. The lowest BCUT2D eigenvalue weighted by Gasteiger charge is -2.09. The fourth-order valence-electron chi connectivity index (χ4n) is 2.89. The fourth-order valence-corrected chi connectivity index (χ4v) is 2.89. The molecule has 2 N–H and O–H groups in total. The Morgan fingerprint density at radius 2 is 1.54 bits per heavy atom. The number of hydrogen-bond acceptors (Lipinski definition) is 3. The van der Waals surface area contributed by atoms with Crippen molar-refractivity contribution < 1.29 is 9.84 Å². The van der Waals surface area contributed by atoms with Gasteiger partial charge in [-0.2, -0.15) is 0 Å². The van der Waals surface area contributed by atoms with E-state index >= 15 is 0 Å². The number of para-hydroxylation sites is 1. The minimum Gasteiger partial charge on any atom is -0.503 e. The highest BCUT2D eigenvalue weighted by Crippen LogP contribution is 2.28. The topological polar surface area (TPSA) is 62.3 Å². The normalized spacial score (nSPS) is 10.8.